The van der Waals surface area contributed by atoms with E-state index in [0.717, 1.165) is 0 Å². The molecule has 0 fully saturated rings. The summed E-state index contributed by atoms with van der Waals surface area (Å²) in [7, 11) is 0. The predicted molar refractivity (Wildman–Crippen MR) is 61.0 cm³/mol. The molecule has 2 heteroatoms. The van der Waals surface area contributed by atoms with Crippen LogP contribution in [0.3, 0.4) is 0 Å². The van der Waals surface area contributed by atoms with Crippen LogP contribution in [0.2, 0.25) is 0 Å². The topological polar surface area (TPSA) is 35.8 Å². The fourth-order valence-electron chi connectivity index (χ4n) is 1.71. The van der Waals surface area contributed by atoms with Gasteiger partial charge in [0.15, 0.2) is 0 Å². The summed E-state index contributed by atoms with van der Waals surface area (Å²) in [5, 5.41) is 12.1. The Morgan fingerprint density at radius 1 is 1.21 bits per heavy atom. The second-order valence-corrected chi connectivity index (χ2v) is 4.06. The van der Waals surface area contributed by atoms with Crippen molar-refractivity contribution in [1.82, 2.24) is 5.32 Å². The lowest BCUT2D eigenvalue weighted by molar-refractivity contribution is 0.393. The molecule has 2 atom stereocenters. The molecule has 0 bridgehead atoms. The first-order chi connectivity index (χ1) is 6.74. The smallest absolute Gasteiger partial charge is 0.0638 e. The molecule has 82 valence electrons. The van der Waals surface area contributed by atoms with E-state index in [1.165, 1.54) is 32.1 Å². The quantitative estimate of drug-likeness (QED) is 0.647. The van der Waals surface area contributed by atoms with Crippen molar-refractivity contribution in [2.75, 3.05) is 0 Å². The fraction of sp³-hybridized carbons (Fsp3) is 0.917. The first-order valence-corrected chi connectivity index (χ1v) is 5.87. The lowest BCUT2D eigenvalue weighted by Crippen LogP contribution is -2.36. The third-order valence-electron chi connectivity index (χ3n) is 2.46. The summed E-state index contributed by atoms with van der Waals surface area (Å²) in [6, 6.07) is 3.16. The van der Waals surface area contributed by atoms with Crippen molar-refractivity contribution >= 4 is 0 Å². The molecule has 14 heavy (non-hydrogen) atoms. The average Bonchev–Trinajstić information content (AvgIpc) is 2.15. The number of unbranched alkanes of at least 4 members (excludes halogenated alkanes) is 1. The molecule has 0 radical (unpaired) electrons. The molecule has 0 saturated heterocycles. The standard InChI is InChI=1S/C12H24N2/c1-4-6-8-12(7-5-2)14-11(3)9-10-13/h11-12,14H,4-9H2,1-3H3. The van der Waals surface area contributed by atoms with Crippen LogP contribution >= 0.6 is 0 Å². The first-order valence-electron chi connectivity index (χ1n) is 5.87. The highest BCUT2D eigenvalue weighted by Gasteiger charge is 2.10. The SMILES string of the molecule is CCCCC(CCC)NC(C)CC#N. The molecule has 0 heterocycles. The summed E-state index contributed by atoms with van der Waals surface area (Å²) in [4.78, 5) is 0. The zero-order chi connectivity index (χ0) is 10.8. The summed E-state index contributed by atoms with van der Waals surface area (Å²) in [5.41, 5.74) is 0. The Bertz CT molecular complexity index is 160. The third kappa shape index (κ3) is 6.91. The van der Waals surface area contributed by atoms with Gasteiger partial charge < -0.3 is 5.32 Å². The summed E-state index contributed by atoms with van der Waals surface area (Å²) in [5.74, 6) is 0. The van der Waals surface area contributed by atoms with Crippen molar-refractivity contribution in [1.29, 1.82) is 5.26 Å². The molecular formula is C12H24N2. The maximum Gasteiger partial charge on any atom is 0.0638 e. The van der Waals surface area contributed by atoms with E-state index in [0.29, 0.717) is 18.5 Å². The van der Waals surface area contributed by atoms with Gasteiger partial charge in [-0.05, 0) is 19.8 Å². The van der Waals surface area contributed by atoms with Crippen molar-refractivity contribution in [3.8, 4) is 6.07 Å². The summed E-state index contributed by atoms with van der Waals surface area (Å²) in [6.45, 7) is 6.54. The zero-order valence-corrected chi connectivity index (χ0v) is 9.84. The Labute approximate surface area is 88.7 Å². The molecule has 2 nitrogen and oxygen atoms in total. The van der Waals surface area contributed by atoms with E-state index in [-0.39, 0.29) is 0 Å². The molecule has 0 aromatic heterocycles. The lowest BCUT2D eigenvalue weighted by Gasteiger charge is -2.21. The lowest BCUT2D eigenvalue weighted by atomic mass is 10.0. The number of hydrogen-bond acceptors (Lipinski definition) is 2. The fourth-order valence-corrected chi connectivity index (χ4v) is 1.71. The largest absolute Gasteiger partial charge is 0.310 e. The van der Waals surface area contributed by atoms with Gasteiger partial charge in [0.2, 0.25) is 0 Å². The number of rotatable bonds is 8. The van der Waals surface area contributed by atoms with E-state index < -0.39 is 0 Å². The Kier molecular flexibility index (Phi) is 8.67. The summed E-state index contributed by atoms with van der Waals surface area (Å²) < 4.78 is 0. The molecule has 0 rings (SSSR count). The van der Waals surface area contributed by atoms with Crippen molar-refractivity contribution < 1.29 is 0 Å². The van der Waals surface area contributed by atoms with Gasteiger partial charge in [0.05, 0.1) is 12.5 Å². The highest BCUT2D eigenvalue weighted by atomic mass is 14.9. The van der Waals surface area contributed by atoms with Crippen LogP contribution in [0.5, 0.6) is 0 Å². The number of nitrogens with one attached hydrogen (secondary N) is 1. The monoisotopic (exact) mass is 196 g/mol. The second kappa shape index (κ2) is 9.02. The van der Waals surface area contributed by atoms with Gasteiger partial charge in [0.1, 0.15) is 0 Å². The Morgan fingerprint density at radius 2 is 1.93 bits per heavy atom. The van der Waals surface area contributed by atoms with Gasteiger partial charge in [0.25, 0.3) is 0 Å². The Morgan fingerprint density at radius 3 is 2.43 bits per heavy atom. The van der Waals surface area contributed by atoms with E-state index in [9.17, 15) is 0 Å². The molecule has 0 spiro atoms. The molecule has 1 N–H and O–H groups in total. The van der Waals surface area contributed by atoms with E-state index in [2.05, 4.69) is 32.2 Å². The maximum atomic E-state index is 8.57. The molecule has 0 aliphatic heterocycles. The molecule has 0 aliphatic rings. The van der Waals surface area contributed by atoms with Gasteiger partial charge >= 0.3 is 0 Å². The highest BCUT2D eigenvalue weighted by Crippen LogP contribution is 2.08. The number of nitriles is 1. The van der Waals surface area contributed by atoms with Crippen molar-refractivity contribution in [2.45, 2.75) is 71.4 Å². The van der Waals surface area contributed by atoms with Gasteiger partial charge in [-0.15, -0.1) is 0 Å². The molecule has 0 amide bonds. The minimum Gasteiger partial charge on any atom is -0.310 e. The molecule has 0 aromatic rings. The molecule has 0 aromatic carbocycles. The number of hydrogen-bond donors (Lipinski definition) is 1. The van der Waals surface area contributed by atoms with Gasteiger partial charge in [-0.2, -0.15) is 5.26 Å². The molecular weight excluding hydrogens is 172 g/mol. The van der Waals surface area contributed by atoms with Crippen LogP contribution in [0, 0.1) is 11.3 Å². The van der Waals surface area contributed by atoms with Gasteiger partial charge in [-0.1, -0.05) is 33.1 Å². The van der Waals surface area contributed by atoms with Crippen LogP contribution in [0.15, 0.2) is 0 Å². The normalized spacial score (nSPS) is 14.7. The molecule has 2 unspecified atom stereocenters. The first kappa shape index (κ1) is 13.4. The van der Waals surface area contributed by atoms with Crippen molar-refractivity contribution in [3.05, 3.63) is 0 Å². The maximum absolute atomic E-state index is 8.57. The van der Waals surface area contributed by atoms with Crippen LogP contribution in [0.1, 0.15) is 59.3 Å². The minimum atomic E-state index is 0.341. The van der Waals surface area contributed by atoms with Gasteiger partial charge in [-0.3, -0.25) is 0 Å². The van der Waals surface area contributed by atoms with Gasteiger partial charge in [-0.25, -0.2) is 0 Å². The third-order valence-corrected chi connectivity index (χ3v) is 2.46. The van der Waals surface area contributed by atoms with E-state index >= 15 is 0 Å². The van der Waals surface area contributed by atoms with Crippen LogP contribution in [0.4, 0.5) is 0 Å². The Hall–Kier alpha value is -0.550. The predicted octanol–water partition coefficient (Wildman–Crippen LogP) is 3.24. The van der Waals surface area contributed by atoms with E-state index in [1.807, 2.05) is 0 Å². The van der Waals surface area contributed by atoms with Crippen molar-refractivity contribution in [2.24, 2.45) is 0 Å². The second-order valence-electron chi connectivity index (χ2n) is 4.06. The summed E-state index contributed by atoms with van der Waals surface area (Å²) in [6.07, 6.45) is 6.87. The highest BCUT2D eigenvalue weighted by molar-refractivity contribution is 4.80. The van der Waals surface area contributed by atoms with Crippen molar-refractivity contribution in [3.63, 3.8) is 0 Å². The van der Waals surface area contributed by atoms with E-state index in [4.69, 9.17) is 5.26 Å². The average molecular weight is 196 g/mol. The molecule has 0 saturated carbocycles. The number of nitrogens with zero attached hydrogens (tertiary/aromatic N) is 1. The van der Waals surface area contributed by atoms with Crippen LogP contribution in [-0.2, 0) is 0 Å². The van der Waals surface area contributed by atoms with Crippen LogP contribution in [0.25, 0.3) is 0 Å². The Balaban J connectivity index is 3.76. The summed E-state index contributed by atoms with van der Waals surface area (Å²) >= 11 is 0. The molecule has 0 aliphatic carbocycles. The van der Waals surface area contributed by atoms with Crippen LogP contribution < -0.4 is 5.32 Å². The van der Waals surface area contributed by atoms with E-state index in [1.54, 1.807) is 0 Å². The van der Waals surface area contributed by atoms with Crippen LogP contribution in [-0.4, -0.2) is 12.1 Å². The zero-order valence-electron chi connectivity index (χ0n) is 9.84. The minimum absolute atomic E-state index is 0.341. The van der Waals surface area contributed by atoms with Gasteiger partial charge in [0, 0.05) is 12.1 Å².